The molecule has 0 bridgehead atoms. The van der Waals surface area contributed by atoms with Crippen LogP contribution in [0.3, 0.4) is 0 Å². The predicted molar refractivity (Wildman–Crippen MR) is 143 cm³/mol. The minimum Gasteiger partial charge on any atom is -0.442 e. The average Bonchev–Trinajstić information content (AvgIpc) is 3.11. The van der Waals surface area contributed by atoms with Crippen LogP contribution in [0, 0.1) is 40.3 Å². The standard InChI is InChI=1S/C28H42FN3O3Si/c1-17(2)36(18(3)4,19(5)6)34-15-21-12-32(27(33)35-21)20-9-10-25(24(29)11-20)31-13-22-23(14-31)26(22)28(7,8)16-30/h9-11,17-19,21-23,26H,12-15H2,1-8H3/t21-,22-,23+,26?/m1/s1. The van der Waals surface area contributed by atoms with Crippen LogP contribution in [0.2, 0.25) is 16.6 Å². The number of nitrogens with zero attached hydrogens (tertiary/aromatic N) is 3. The van der Waals surface area contributed by atoms with Crippen LogP contribution in [0.25, 0.3) is 0 Å². The minimum atomic E-state index is -2.06. The normalized spacial score (nSPS) is 26.1. The molecule has 1 aromatic rings. The van der Waals surface area contributed by atoms with E-state index >= 15 is 4.39 Å². The van der Waals surface area contributed by atoms with E-state index in [0.717, 1.165) is 13.1 Å². The van der Waals surface area contributed by atoms with Crippen LogP contribution in [-0.2, 0) is 9.16 Å². The Kier molecular flexibility index (Phi) is 7.22. The molecule has 2 heterocycles. The number of hydrogen-bond donors (Lipinski definition) is 0. The third kappa shape index (κ3) is 4.54. The van der Waals surface area contributed by atoms with E-state index in [4.69, 9.17) is 9.16 Å². The number of fused-ring (bicyclic) bond motifs is 1. The molecule has 198 valence electrons. The van der Waals surface area contributed by atoms with E-state index in [9.17, 15) is 10.1 Å². The molecule has 1 amide bonds. The number of anilines is 2. The third-order valence-corrected chi connectivity index (χ3v) is 15.1. The molecule has 2 saturated heterocycles. The van der Waals surface area contributed by atoms with Crippen LogP contribution in [0.1, 0.15) is 55.4 Å². The molecule has 1 aromatic carbocycles. The first-order chi connectivity index (χ1) is 16.8. The smallest absolute Gasteiger partial charge is 0.414 e. The average molecular weight is 516 g/mol. The molecular weight excluding hydrogens is 473 g/mol. The summed E-state index contributed by atoms with van der Waals surface area (Å²) in [7, 11) is -2.06. The Morgan fingerprint density at radius 2 is 1.69 bits per heavy atom. The van der Waals surface area contributed by atoms with Crippen molar-refractivity contribution in [2.75, 3.05) is 36.0 Å². The zero-order valence-corrected chi connectivity index (χ0v) is 24.0. The maximum Gasteiger partial charge on any atom is 0.414 e. The van der Waals surface area contributed by atoms with Crippen molar-refractivity contribution >= 4 is 25.8 Å². The fourth-order valence-electron chi connectivity index (χ4n) is 7.34. The van der Waals surface area contributed by atoms with Crippen molar-refractivity contribution in [3.05, 3.63) is 24.0 Å². The largest absolute Gasteiger partial charge is 0.442 e. The maximum atomic E-state index is 15.2. The third-order valence-electron chi connectivity index (χ3n) is 9.00. The van der Waals surface area contributed by atoms with Crippen LogP contribution in [0.5, 0.6) is 0 Å². The van der Waals surface area contributed by atoms with Crippen molar-refractivity contribution in [3.63, 3.8) is 0 Å². The number of amides is 1. The van der Waals surface area contributed by atoms with Gasteiger partial charge in [0.2, 0.25) is 8.32 Å². The molecule has 0 N–H and O–H groups in total. The molecule has 3 fully saturated rings. The van der Waals surface area contributed by atoms with Gasteiger partial charge in [-0.1, -0.05) is 41.5 Å². The molecule has 2 aliphatic heterocycles. The molecule has 6 nitrogen and oxygen atoms in total. The summed E-state index contributed by atoms with van der Waals surface area (Å²) in [6, 6.07) is 7.44. The van der Waals surface area contributed by atoms with Crippen molar-refractivity contribution in [1.29, 1.82) is 5.26 Å². The van der Waals surface area contributed by atoms with Gasteiger partial charge in [0.25, 0.3) is 0 Å². The number of rotatable bonds is 9. The molecule has 4 rings (SSSR count). The van der Waals surface area contributed by atoms with Crippen molar-refractivity contribution in [2.45, 2.75) is 78.1 Å². The fraction of sp³-hybridized carbons (Fsp3) is 0.714. The second-order valence-electron chi connectivity index (χ2n) is 12.5. The molecule has 1 saturated carbocycles. The Morgan fingerprint density at radius 3 is 2.19 bits per heavy atom. The van der Waals surface area contributed by atoms with Crippen LogP contribution in [-0.4, -0.2) is 46.8 Å². The van der Waals surface area contributed by atoms with Crippen molar-refractivity contribution in [1.82, 2.24) is 0 Å². The van der Waals surface area contributed by atoms with Crippen LogP contribution >= 0.6 is 0 Å². The van der Waals surface area contributed by atoms with Gasteiger partial charge < -0.3 is 14.1 Å². The van der Waals surface area contributed by atoms with E-state index in [2.05, 4.69) is 52.5 Å². The van der Waals surface area contributed by atoms with E-state index in [-0.39, 0.29) is 17.3 Å². The maximum absolute atomic E-state index is 15.2. The Morgan fingerprint density at radius 1 is 1.11 bits per heavy atom. The Bertz CT molecular complexity index is 1000. The SMILES string of the molecule is CC(C)[Si](OC[C@H]1CN(c2ccc(N3C[C@@H]4C(C(C)(C)C#N)[C@@H]4C3)c(F)c2)C(=O)O1)(C(C)C)C(C)C. The van der Waals surface area contributed by atoms with Gasteiger partial charge in [-0.25, -0.2) is 9.18 Å². The Hall–Kier alpha value is -2.11. The molecule has 8 heteroatoms. The van der Waals surface area contributed by atoms with E-state index in [0.29, 0.717) is 58.9 Å². The summed E-state index contributed by atoms with van der Waals surface area (Å²) >= 11 is 0. The number of carbonyl (C=O) groups is 1. The molecular formula is C28H42FN3O3Si. The summed E-state index contributed by atoms with van der Waals surface area (Å²) in [5.41, 5.74) is 2.09. The zero-order chi connectivity index (χ0) is 26.6. The number of cyclic esters (lactones) is 1. The van der Waals surface area contributed by atoms with Gasteiger partial charge >= 0.3 is 6.09 Å². The highest BCUT2D eigenvalue weighted by Crippen LogP contribution is 2.60. The molecule has 4 atom stereocenters. The number of hydrogen-bond acceptors (Lipinski definition) is 5. The first-order valence-corrected chi connectivity index (χ1v) is 15.5. The molecule has 0 aromatic heterocycles. The van der Waals surface area contributed by atoms with E-state index in [1.165, 1.54) is 11.0 Å². The lowest BCUT2D eigenvalue weighted by atomic mass is 9.86. The first-order valence-electron chi connectivity index (χ1n) is 13.4. The monoisotopic (exact) mass is 515 g/mol. The van der Waals surface area contributed by atoms with Gasteiger partial charge in [-0.15, -0.1) is 0 Å². The molecule has 0 spiro atoms. The van der Waals surface area contributed by atoms with E-state index < -0.39 is 14.4 Å². The molecule has 1 unspecified atom stereocenters. The summed E-state index contributed by atoms with van der Waals surface area (Å²) in [4.78, 5) is 16.3. The van der Waals surface area contributed by atoms with E-state index in [1.807, 2.05) is 13.8 Å². The predicted octanol–water partition coefficient (Wildman–Crippen LogP) is 6.57. The zero-order valence-electron chi connectivity index (χ0n) is 23.0. The number of piperidine rings is 1. The summed E-state index contributed by atoms with van der Waals surface area (Å²) < 4.78 is 27.5. The lowest BCUT2D eigenvalue weighted by Gasteiger charge is -2.42. The molecule has 0 radical (unpaired) electrons. The van der Waals surface area contributed by atoms with Crippen LogP contribution in [0.4, 0.5) is 20.6 Å². The lowest BCUT2D eigenvalue weighted by molar-refractivity contribution is 0.0979. The van der Waals surface area contributed by atoms with Gasteiger partial charge in [0.1, 0.15) is 11.9 Å². The fourth-order valence-corrected chi connectivity index (χ4v) is 12.8. The van der Waals surface area contributed by atoms with Gasteiger partial charge in [-0.05, 0) is 66.4 Å². The second kappa shape index (κ2) is 9.64. The second-order valence-corrected chi connectivity index (χ2v) is 17.9. The summed E-state index contributed by atoms with van der Waals surface area (Å²) in [5, 5.41) is 9.44. The Labute approximate surface area is 216 Å². The number of carbonyl (C=O) groups excluding carboxylic acids is 1. The van der Waals surface area contributed by atoms with Crippen LogP contribution in [0.15, 0.2) is 18.2 Å². The number of nitriles is 1. The lowest BCUT2D eigenvalue weighted by Crippen LogP contribution is -2.49. The molecule has 36 heavy (non-hydrogen) atoms. The number of benzene rings is 1. The topological polar surface area (TPSA) is 65.8 Å². The van der Waals surface area contributed by atoms with Crippen molar-refractivity contribution in [2.24, 2.45) is 23.2 Å². The summed E-state index contributed by atoms with van der Waals surface area (Å²) in [6.07, 6.45) is -0.819. The minimum absolute atomic E-state index is 0.330. The highest BCUT2D eigenvalue weighted by Gasteiger charge is 2.61. The Balaban J connectivity index is 1.39. The summed E-state index contributed by atoms with van der Waals surface area (Å²) in [5.74, 6) is 0.962. The van der Waals surface area contributed by atoms with Crippen LogP contribution < -0.4 is 9.80 Å². The highest BCUT2D eigenvalue weighted by atomic mass is 28.4. The van der Waals surface area contributed by atoms with Gasteiger partial charge in [-0.3, -0.25) is 4.90 Å². The molecule has 3 aliphatic rings. The van der Waals surface area contributed by atoms with Crippen molar-refractivity contribution in [3.8, 4) is 6.07 Å². The van der Waals surface area contributed by atoms with E-state index in [1.54, 1.807) is 12.1 Å². The van der Waals surface area contributed by atoms with Crippen molar-refractivity contribution < 1.29 is 18.3 Å². The van der Waals surface area contributed by atoms with Gasteiger partial charge in [0.15, 0.2) is 0 Å². The summed E-state index contributed by atoms with van der Waals surface area (Å²) in [6.45, 7) is 19.7. The highest BCUT2D eigenvalue weighted by molar-refractivity contribution is 6.77. The van der Waals surface area contributed by atoms with Gasteiger partial charge in [0.05, 0.1) is 36.0 Å². The van der Waals surface area contributed by atoms with Gasteiger partial charge in [0, 0.05) is 13.1 Å². The first kappa shape index (κ1) is 26.9. The quantitative estimate of drug-likeness (QED) is 0.348. The molecule has 1 aliphatic carbocycles. The number of halogens is 1. The number of ether oxygens (including phenoxy) is 1. The van der Waals surface area contributed by atoms with Gasteiger partial charge in [-0.2, -0.15) is 5.26 Å².